The molecule has 3 rings (SSSR count). The highest BCUT2D eigenvalue weighted by molar-refractivity contribution is 5.79. The van der Waals surface area contributed by atoms with Gasteiger partial charge in [0.25, 0.3) is 0 Å². The molecule has 2 heterocycles. The van der Waals surface area contributed by atoms with Crippen LogP contribution in [0.1, 0.15) is 12.5 Å². The molecule has 0 spiro atoms. The van der Waals surface area contributed by atoms with Crippen molar-refractivity contribution in [3.05, 3.63) is 30.0 Å². The van der Waals surface area contributed by atoms with Gasteiger partial charge < -0.3 is 10.5 Å². The van der Waals surface area contributed by atoms with Gasteiger partial charge in [-0.25, -0.2) is 0 Å². The summed E-state index contributed by atoms with van der Waals surface area (Å²) >= 11 is 0. The first-order valence-corrected chi connectivity index (χ1v) is 5.33. The number of nitrogens with one attached hydrogen (secondary N) is 1. The maximum atomic E-state index is 5.83. The van der Waals surface area contributed by atoms with Gasteiger partial charge in [0.1, 0.15) is 17.7 Å². The summed E-state index contributed by atoms with van der Waals surface area (Å²) in [5, 5.41) is 6.68. The van der Waals surface area contributed by atoms with Gasteiger partial charge in [-0.2, -0.15) is 5.10 Å². The standard InChI is InChI=1S/C12H13N3O/c1-7-5-8-3-2-4-9(11(8)16-7)10-6-14-15-12(10)13/h2-4,6-7H,5H2,1H3,(H3,13,14,15). The molecule has 1 aromatic carbocycles. The van der Waals surface area contributed by atoms with Crippen molar-refractivity contribution < 1.29 is 4.74 Å². The highest BCUT2D eigenvalue weighted by Crippen LogP contribution is 2.39. The van der Waals surface area contributed by atoms with E-state index in [2.05, 4.69) is 23.2 Å². The number of hydrogen-bond donors (Lipinski definition) is 2. The number of nitrogens with zero attached hydrogens (tertiary/aromatic N) is 1. The Balaban J connectivity index is 2.17. The highest BCUT2D eigenvalue weighted by atomic mass is 16.5. The van der Waals surface area contributed by atoms with E-state index in [-0.39, 0.29) is 6.10 Å². The summed E-state index contributed by atoms with van der Waals surface area (Å²) in [4.78, 5) is 0. The summed E-state index contributed by atoms with van der Waals surface area (Å²) in [6.07, 6.45) is 2.93. The van der Waals surface area contributed by atoms with Gasteiger partial charge in [0, 0.05) is 17.5 Å². The molecular formula is C12H13N3O. The molecule has 0 saturated carbocycles. The second-order valence-corrected chi connectivity index (χ2v) is 4.12. The lowest BCUT2D eigenvalue weighted by Gasteiger charge is -2.08. The normalized spacial score (nSPS) is 18.2. The van der Waals surface area contributed by atoms with Gasteiger partial charge in [0.15, 0.2) is 0 Å². The van der Waals surface area contributed by atoms with Crippen LogP contribution in [0.25, 0.3) is 11.1 Å². The average molecular weight is 215 g/mol. The Hall–Kier alpha value is -1.97. The largest absolute Gasteiger partial charge is 0.489 e. The number of ether oxygens (including phenoxy) is 1. The Morgan fingerprint density at radius 2 is 2.31 bits per heavy atom. The number of para-hydroxylation sites is 1. The number of H-pyrrole nitrogens is 1. The number of benzene rings is 1. The van der Waals surface area contributed by atoms with Gasteiger partial charge in [-0.15, -0.1) is 0 Å². The molecule has 0 fully saturated rings. The van der Waals surface area contributed by atoms with Crippen LogP contribution in [0.4, 0.5) is 5.82 Å². The fraction of sp³-hybridized carbons (Fsp3) is 0.250. The molecule has 0 radical (unpaired) electrons. The van der Waals surface area contributed by atoms with Crippen LogP contribution in [0.5, 0.6) is 5.75 Å². The van der Waals surface area contributed by atoms with Crippen LogP contribution in [-0.2, 0) is 6.42 Å². The van der Waals surface area contributed by atoms with E-state index in [1.807, 2.05) is 12.1 Å². The number of aromatic nitrogens is 2. The maximum absolute atomic E-state index is 5.83. The molecule has 1 aliphatic rings. The van der Waals surface area contributed by atoms with Crippen LogP contribution in [0.3, 0.4) is 0 Å². The number of nitrogen functional groups attached to an aromatic ring is 1. The molecule has 0 aliphatic carbocycles. The number of aromatic amines is 1. The lowest BCUT2D eigenvalue weighted by molar-refractivity contribution is 0.255. The van der Waals surface area contributed by atoms with Crippen molar-refractivity contribution in [2.24, 2.45) is 0 Å². The third-order valence-corrected chi connectivity index (χ3v) is 2.88. The summed E-state index contributed by atoms with van der Waals surface area (Å²) in [5.74, 6) is 1.53. The Bertz CT molecular complexity index is 533. The van der Waals surface area contributed by atoms with E-state index in [1.54, 1.807) is 6.20 Å². The van der Waals surface area contributed by atoms with E-state index in [9.17, 15) is 0 Å². The van der Waals surface area contributed by atoms with E-state index >= 15 is 0 Å². The van der Waals surface area contributed by atoms with E-state index in [4.69, 9.17) is 10.5 Å². The summed E-state index contributed by atoms with van der Waals surface area (Å²) in [6, 6.07) is 6.14. The smallest absolute Gasteiger partial charge is 0.131 e. The van der Waals surface area contributed by atoms with Gasteiger partial charge in [0.2, 0.25) is 0 Å². The number of anilines is 1. The number of fused-ring (bicyclic) bond motifs is 1. The van der Waals surface area contributed by atoms with Crippen LogP contribution in [-0.4, -0.2) is 16.3 Å². The third kappa shape index (κ3) is 1.26. The number of nitrogens with two attached hydrogens (primary N) is 1. The lowest BCUT2D eigenvalue weighted by atomic mass is 10.0. The Morgan fingerprint density at radius 1 is 1.44 bits per heavy atom. The summed E-state index contributed by atoms with van der Waals surface area (Å²) < 4.78 is 5.82. The monoisotopic (exact) mass is 215 g/mol. The first kappa shape index (κ1) is 9.27. The number of hydrogen-bond acceptors (Lipinski definition) is 3. The molecule has 1 unspecified atom stereocenters. The van der Waals surface area contributed by atoms with Crippen LogP contribution in [0, 0.1) is 0 Å². The van der Waals surface area contributed by atoms with E-state index in [1.165, 1.54) is 5.56 Å². The molecule has 2 aromatic rings. The minimum atomic E-state index is 0.240. The summed E-state index contributed by atoms with van der Waals surface area (Å²) in [5.41, 5.74) is 9.00. The van der Waals surface area contributed by atoms with Crippen molar-refractivity contribution in [2.75, 3.05) is 5.73 Å². The molecule has 1 aliphatic heterocycles. The first-order valence-electron chi connectivity index (χ1n) is 5.33. The predicted molar refractivity (Wildman–Crippen MR) is 62.2 cm³/mol. The zero-order valence-electron chi connectivity index (χ0n) is 9.03. The van der Waals surface area contributed by atoms with Crippen molar-refractivity contribution in [3.63, 3.8) is 0 Å². The van der Waals surface area contributed by atoms with Crippen molar-refractivity contribution in [2.45, 2.75) is 19.4 Å². The summed E-state index contributed by atoms with van der Waals surface area (Å²) in [6.45, 7) is 2.07. The van der Waals surface area contributed by atoms with Crippen molar-refractivity contribution in [1.29, 1.82) is 0 Å². The van der Waals surface area contributed by atoms with Gasteiger partial charge in [-0.3, -0.25) is 5.10 Å². The third-order valence-electron chi connectivity index (χ3n) is 2.88. The second kappa shape index (κ2) is 3.27. The van der Waals surface area contributed by atoms with Gasteiger partial charge in [0.05, 0.1) is 6.20 Å². The topological polar surface area (TPSA) is 63.9 Å². The van der Waals surface area contributed by atoms with Crippen LogP contribution < -0.4 is 10.5 Å². The molecule has 1 atom stereocenters. The van der Waals surface area contributed by atoms with Gasteiger partial charge >= 0.3 is 0 Å². The van der Waals surface area contributed by atoms with Crippen LogP contribution >= 0.6 is 0 Å². The molecule has 82 valence electrons. The first-order chi connectivity index (χ1) is 7.75. The molecule has 0 saturated heterocycles. The average Bonchev–Trinajstić information content (AvgIpc) is 2.82. The Labute approximate surface area is 93.4 Å². The van der Waals surface area contributed by atoms with E-state index in [0.717, 1.165) is 23.3 Å². The summed E-state index contributed by atoms with van der Waals surface area (Å²) in [7, 11) is 0. The minimum absolute atomic E-state index is 0.240. The number of rotatable bonds is 1. The zero-order valence-corrected chi connectivity index (χ0v) is 9.03. The SMILES string of the molecule is CC1Cc2cccc(-c3cn[nH]c3N)c2O1. The predicted octanol–water partition coefficient (Wildman–Crippen LogP) is 1.98. The molecule has 3 N–H and O–H groups in total. The van der Waals surface area contributed by atoms with E-state index in [0.29, 0.717) is 5.82 Å². The fourth-order valence-corrected chi connectivity index (χ4v) is 2.16. The van der Waals surface area contributed by atoms with Crippen molar-refractivity contribution >= 4 is 5.82 Å². The van der Waals surface area contributed by atoms with Gasteiger partial charge in [-0.05, 0) is 12.5 Å². The molecular weight excluding hydrogens is 202 g/mol. The highest BCUT2D eigenvalue weighted by Gasteiger charge is 2.23. The minimum Gasteiger partial charge on any atom is -0.489 e. The van der Waals surface area contributed by atoms with Crippen molar-refractivity contribution in [1.82, 2.24) is 10.2 Å². The second-order valence-electron chi connectivity index (χ2n) is 4.12. The van der Waals surface area contributed by atoms with Gasteiger partial charge in [-0.1, -0.05) is 18.2 Å². The lowest BCUT2D eigenvalue weighted by Crippen LogP contribution is -2.05. The van der Waals surface area contributed by atoms with Crippen LogP contribution in [0.15, 0.2) is 24.4 Å². The molecule has 16 heavy (non-hydrogen) atoms. The maximum Gasteiger partial charge on any atom is 0.131 e. The van der Waals surface area contributed by atoms with Crippen LogP contribution in [0.2, 0.25) is 0 Å². The quantitative estimate of drug-likeness (QED) is 0.764. The Morgan fingerprint density at radius 3 is 3.06 bits per heavy atom. The molecule has 0 amide bonds. The molecule has 1 aromatic heterocycles. The molecule has 0 bridgehead atoms. The Kier molecular flexibility index (Phi) is 1.89. The van der Waals surface area contributed by atoms with E-state index < -0.39 is 0 Å². The molecule has 4 nitrogen and oxygen atoms in total. The fourth-order valence-electron chi connectivity index (χ4n) is 2.16. The molecule has 4 heteroatoms. The zero-order chi connectivity index (χ0) is 11.1. The van der Waals surface area contributed by atoms with Crippen molar-refractivity contribution in [3.8, 4) is 16.9 Å².